The lowest BCUT2D eigenvalue weighted by molar-refractivity contribution is 1.42. The Kier molecular flexibility index (Phi) is 2.57. The fourth-order valence-corrected chi connectivity index (χ4v) is 1.68. The number of hydrogen-bond donors (Lipinski definition) is 2. The van der Waals surface area contributed by atoms with E-state index in [1.165, 1.54) is 5.56 Å². The van der Waals surface area contributed by atoms with Gasteiger partial charge >= 0.3 is 0 Å². The number of nitrogens with one attached hydrogen (secondary N) is 2. The molecule has 2 N–H and O–H groups in total. The van der Waals surface area contributed by atoms with E-state index in [4.69, 9.17) is 10.8 Å². The molecule has 0 radical (unpaired) electrons. The van der Waals surface area contributed by atoms with Gasteiger partial charge in [-0.15, -0.1) is 0 Å². The monoisotopic (exact) mass is 210 g/mol. The Balaban J connectivity index is 2.46. The summed E-state index contributed by atoms with van der Waals surface area (Å²) < 4.78 is 0. The van der Waals surface area contributed by atoms with Crippen molar-refractivity contribution in [2.45, 2.75) is 13.8 Å². The fourth-order valence-electron chi connectivity index (χ4n) is 1.68. The maximum Gasteiger partial charge on any atom is 0.0870 e. The largest absolute Gasteiger partial charge is 0.298 e. The van der Waals surface area contributed by atoms with Gasteiger partial charge in [-0.3, -0.25) is 10.8 Å². The molecule has 2 rings (SSSR count). The highest BCUT2D eigenvalue weighted by molar-refractivity contribution is 6.61. The van der Waals surface area contributed by atoms with Crippen LogP contribution in [0.3, 0.4) is 0 Å². The van der Waals surface area contributed by atoms with Gasteiger partial charge in [-0.1, -0.05) is 42.0 Å². The van der Waals surface area contributed by atoms with Gasteiger partial charge in [-0.2, -0.15) is 0 Å². The van der Waals surface area contributed by atoms with Crippen molar-refractivity contribution in [3.63, 3.8) is 0 Å². The Bertz CT molecular complexity index is 516. The average Bonchev–Trinajstić information content (AvgIpc) is 2.28. The van der Waals surface area contributed by atoms with E-state index in [0.29, 0.717) is 11.4 Å². The summed E-state index contributed by atoms with van der Waals surface area (Å²) in [7, 11) is 0. The summed E-state index contributed by atoms with van der Waals surface area (Å²) in [5.41, 5.74) is 4.51. The van der Waals surface area contributed by atoms with Crippen molar-refractivity contribution < 1.29 is 0 Å². The van der Waals surface area contributed by atoms with Gasteiger partial charge in [0, 0.05) is 5.57 Å². The van der Waals surface area contributed by atoms with Crippen LogP contribution in [-0.2, 0) is 0 Å². The third-order valence-corrected chi connectivity index (χ3v) is 2.78. The molecule has 1 aliphatic carbocycles. The lowest BCUT2D eigenvalue weighted by atomic mass is 9.90. The molecule has 0 saturated carbocycles. The van der Waals surface area contributed by atoms with Crippen molar-refractivity contribution in [1.82, 2.24) is 0 Å². The fraction of sp³-hybridized carbons (Fsp3) is 0.143. The van der Waals surface area contributed by atoms with Gasteiger partial charge in [-0.25, -0.2) is 0 Å². The molecule has 0 heterocycles. The summed E-state index contributed by atoms with van der Waals surface area (Å²) in [6, 6.07) is 8.05. The molecule has 0 aliphatic heterocycles. The lowest BCUT2D eigenvalue weighted by Crippen LogP contribution is -2.17. The molecule has 0 spiro atoms. The molecule has 0 saturated heterocycles. The zero-order valence-electron chi connectivity index (χ0n) is 9.46. The first-order valence-corrected chi connectivity index (χ1v) is 5.23. The summed E-state index contributed by atoms with van der Waals surface area (Å²) in [5, 5.41) is 15.7. The van der Waals surface area contributed by atoms with Crippen molar-refractivity contribution in [3.05, 3.63) is 53.1 Å². The number of rotatable bonds is 1. The molecule has 1 aromatic carbocycles. The summed E-state index contributed by atoms with van der Waals surface area (Å²) in [6.07, 6.45) is 3.82. The Morgan fingerprint density at radius 2 is 1.44 bits per heavy atom. The minimum Gasteiger partial charge on any atom is -0.298 e. The quantitative estimate of drug-likeness (QED) is 0.668. The highest BCUT2D eigenvalue weighted by Crippen LogP contribution is 2.22. The zero-order chi connectivity index (χ0) is 11.7. The number of allylic oxidation sites excluding steroid dienone is 4. The molecule has 16 heavy (non-hydrogen) atoms. The van der Waals surface area contributed by atoms with Crippen LogP contribution in [0.2, 0.25) is 0 Å². The van der Waals surface area contributed by atoms with Crippen molar-refractivity contribution in [2.75, 3.05) is 0 Å². The van der Waals surface area contributed by atoms with E-state index < -0.39 is 0 Å². The highest BCUT2D eigenvalue weighted by Gasteiger charge is 2.17. The zero-order valence-corrected chi connectivity index (χ0v) is 9.46. The second kappa shape index (κ2) is 3.89. The van der Waals surface area contributed by atoms with Crippen LogP contribution >= 0.6 is 0 Å². The van der Waals surface area contributed by atoms with Crippen LogP contribution in [0.25, 0.3) is 5.57 Å². The maximum atomic E-state index is 7.94. The predicted octanol–water partition coefficient (Wildman–Crippen LogP) is 3.38. The van der Waals surface area contributed by atoms with E-state index in [0.717, 1.165) is 16.7 Å². The molecule has 0 unspecified atom stereocenters. The molecule has 0 fully saturated rings. The van der Waals surface area contributed by atoms with E-state index in [1.54, 1.807) is 0 Å². The van der Waals surface area contributed by atoms with Gasteiger partial charge in [0.2, 0.25) is 0 Å². The smallest absolute Gasteiger partial charge is 0.0870 e. The number of aryl methyl sites for hydroxylation is 1. The molecule has 1 aliphatic rings. The van der Waals surface area contributed by atoms with E-state index in [-0.39, 0.29) is 0 Å². The molecule has 0 amide bonds. The maximum absolute atomic E-state index is 7.94. The van der Waals surface area contributed by atoms with E-state index >= 15 is 0 Å². The van der Waals surface area contributed by atoms with Gasteiger partial charge < -0.3 is 0 Å². The Hall–Kier alpha value is -1.96. The van der Waals surface area contributed by atoms with Crippen LogP contribution in [0.4, 0.5) is 0 Å². The van der Waals surface area contributed by atoms with Crippen molar-refractivity contribution in [3.8, 4) is 0 Å². The van der Waals surface area contributed by atoms with Gasteiger partial charge in [0.25, 0.3) is 0 Å². The van der Waals surface area contributed by atoms with Gasteiger partial charge in [0.05, 0.1) is 11.4 Å². The Morgan fingerprint density at radius 1 is 0.812 bits per heavy atom. The van der Waals surface area contributed by atoms with Crippen LogP contribution in [0.1, 0.15) is 18.1 Å². The van der Waals surface area contributed by atoms with E-state index in [1.807, 2.05) is 50.3 Å². The molecule has 2 nitrogen and oxygen atoms in total. The minimum atomic E-state index is 0.309. The predicted molar refractivity (Wildman–Crippen MR) is 68.4 cm³/mol. The van der Waals surface area contributed by atoms with Crippen molar-refractivity contribution >= 4 is 17.0 Å². The second-order valence-electron chi connectivity index (χ2n) is 4.05. The highest BCUT2D eigenvalue weighted by atomic mass is 14.5. The first-order valence-electron chi connectivity index (χ1n) is 5.23. The standard InChI is InChI=1S/C14H14N2/c1-9-3-6-11(7-4-9)12-8-5-10(2)13(15)14(12)16/h3-8,15-16H,1-2H3. The summed E-state index contributed by atoms with van der Waals surface area (Å²) in [4.78, 5) is 0. The Morgan fingerprint density at radius 3 is 2.06 bits per heavy atom. The lowest BCUT2D eigenvalue weighted by Gasteiger charge is -2.15. The molecular weight excluding hydrogens is 196 g/mol. The molecule has 0 atom stereocenters. The van der Waals surface area contributed by atoms with Crippen LogP contribution in [-0.4, -0.2) is 11.4 Å². The van der Waals surface area contributed by atoms with Gasteiger partial charge in [0.1, 0.15) is 0 Å². The molecule has 1 aromatic rings. The molecule has 0 bridgehead atoms. The van der Waals surface area contributed by atoms with Crippen LogP contribution in [0.5, 0.6) is 0 Å². The Labute approximate surface area is 95.3 Å². The van der Waals surface area contributed by atoms with Gasteiger partial charge in [-0.05, 0) is 25.0 Å². The second-order valence-corrected chi connectivity index (χ2v) is 4.05. The first-order chi connectivity index (χ1) is 7.59. The van der Waals surface area contributed by atoms with Crippen molar-refractivity contribution in [1.29, 1.82) is 10.8 Å². The molecule has 0 aromatic heterocycles. The van der Waals surface area contributed by atoms with E-state index in [2.05, 4.69) is 0 Å². The van der Waals surface area contributed by atoms with Crippen molar-refractivity contribution in [2.24, 2.45) is 0 Å². The molecule has 2 heteroatoms. The minimum absolute atomic E-state index is 0.309. The normalized spacial score (nSPS) is 15.9. The van der Waals surface area contributed by atoms with Crippen LogP contribution in [0.15, 0.2) is 42.0 Å². The third kappa shape index (κ3) is 1.74. The summed E-state index contributed by atoms with van der Waals surface area (Å²) in [6.45, 7) is 3.90. The first kappa shape index (κ1) is 10.6. The SMILES string of the molecule is CC1=CC=C(c2ccc(C)cc2)C(=N)C1=N. The van der Waals surface area contributed by atoms with Crippen LogP contribution < -0.4 is 0 Å². The number of benzene rings is 1. The molecule has 80 valence electrons. The average molecular weight is 210 g/mol. The molecular formula is C14H14N2. The summed E-state index contributed by atoms with van der Waals surface area (Å²) in [5.74, 6) is 0. The van der Waals surface area contributed by atoms with Crippen LogP contribution in [0, 0.1) is 17.7 Å². The third-order valence-electron chi connectivity index (χ3n) is 2.78. The van der Waals surface area contributed by atoms with E-state index in [9.17, 15) is 0 Å². The number of hydrogen-bond acceptors (Lipinski definition) is 2. The van der Waals surface area contributed by atoms with Gasteiger partial charge in [0.15, 0.2) is 0 Å². The topological polar surface area (TPSA) is 47.7 Å². The summed E-state index contributed by atoms with van der Waals surface area (Å²) >= 11 is 0.